The van der Waals surface area contributed by atoms with Gasteiger partial charge in [0.05, 0.1) is 5.54 Å². The van der Waals surface area contributed by atoms with Crippen LogP contribution in [0.15, 0.2) is 28.8 Å². The molecule has 2 aromatic rings. The molecule has 122 valence electrons. The molecule has 0 spiro atoms. The predicted octanol–water partition coefficient (Wildman–Crippen LogP) is 3.16. The summed E-state index contributed by atoms with van der Waals surface area (Å²) in [5.74, 6) is 1.16. The molecular formula is C15H22Cl2N4O. The van der Waals surface area contributed by atoms with E-state index in [1.54, 1.807) is 0 Å². The van der Waals surface area contributed by atoms with E-state index in [0.29, 0.717) is 18.3 Å². The third kappa shape index (κ3) is 3.79. The van der Waals surface area contributed by atoms with Crippen LogP contribution in [-0.2, 0) is 12.1 Å². The molecule has 0 atom stereocenters. The smallest absolute Gasteiger partial charge is 0.247 e. The van der Waals surface area contributed by atoms with Gasteiger partial charge in [-0.3, -0.25) is 0 Å². The number of rotatable bonds is 3. The number of benzene rings is 1. The first kappa shape index (κ1) is 18.9. The van der Waals surface area contributed by atoms with Gasteiger partial charge in [-0.15, -0.1) is 24.8 Å². The van der Waals surface area contributed by atoms with Crippen molar-refractivity contribution < 1.29 is 4.52 Å². The van der Waals surface area contributed by atoms with E-state index in [4.69, 9.17) is 16.0 Å². The Bertz CT molecular complexity index is 579. The summed E-state index contributed by atoms with van der Waals surface area (Å²) in [7, 11) is 0. The standard InChI is InChI=1S/C15H20N4O.2ClH/c16-10-11-4-6-12(7-5-11)13-18-14(20-19-13)15(17)8-2-1-3-9-15;;/h4-7H,1-3,8-10,16-17H2;2*1H. The Labute approximate surface area is 142 Å². The maximum absolute atomic E-state index is 6.40. The molecule has 0 aliphatic heterocycles. The van der Waals surface area contributed by atoms with E-state index in [1.165, 1.54) is 6.42 Å². The van der Waals surface area contributed by atoms with Gasteiger partial charge < -0.3 is 16.0 Å². The zero-order valence-electron chi connectivity index (χ0n) is 12.3. The third-order valence-corrected chi connectivity index (χ3v) is 4.05. The van der Waals surface area contributed by atoms with Gasteiger partial charge in [-0.1, -0.05) is 48.7 Å². The van der Waals surface area contributed by atoms with Crippen LogP contribution < -0.4 is 11.5 Å². The van der Waals surface area contributed by atoms with Gasteiger partial charge in [-0.2, -0.15) is 4.98 Å². The fourth-order valence-electron chi connectivity index (χ4n) is 2.73. The number of nitrogens with two attached hydrogens (primary N) is 2. The quantitative estimate of drug-likeness (QED) is 0.892. The second-order valence-corrected chi connectivity index (χ2v) is 5.54. The van der Waals surface area contributed by atoms with Gasteiger partial charge in [0.2, 0.25) is 11.7 Å². The van der Waals surface area contributed by atoms with E-state index in [-0.39, 0.29) is 24.8 Å². The van der Waals surface area contributed by atoms with Crippen LogP contribution in [0.25, 0.3) is 11.4 Å². The molecule has 5 nitrogen and oxygen atoms in total. The van der Waals surface area contributed by atoms with Crippen LogP contribution in [0.4, 0.5) is 0 Å². The molecule has 1 heterocycles. The molecule has 22 heavy (non-hydrogen) atoms. The van der Waals surface area contributed by atoms with Crippen molar-refractivity contribution in [2.45, 2.75) is 44.2 Å². The van der Waals surface area contributed by atoms with Gasteiger partial charge in [-0.05, 0) is 18.4 Å². The van der Waals surface area contributed by atoms with Crippen LogP contribution in [0.5, 0.6) is 0 Å². The summed E-state index contributed by atoms with van der Waals surface area (Å²) in [6.45, 7) is 0.531. The summed E-state index contributed by atoms with van der Waals surface area (Å²) in [5.41, 5.74) is 13.6. The van der Waals surface area contributed by atoms with Crippen LogP contribution in [0.3, 0.4) is 0 Å². The van der Waals surface area contributed by atoms with E-state index in [1.807, 2.05) is 24.3 Å². The molecule has 3 rings (SSSR count). The van der Waals surface area contributed by atoms with Crippen molar-refractivity contribution in [3.05, 3.63) is 35.7 Å². The van der Waals surface area contributed by atoms with Crippen LogP contribution in [0.1, 0.15) is 43.6 Å². The molecule has 1 saturated carbocycles. The summed E-state index contributed by atoms with van der Waals surface area (Å²) in [6, 6.07) is 7.87. The zero-order chi connectivity index (χ0) is 14.0. The number of nitrogens with zero attached hydrogens (tertiary/aromatic N) is 2. The lowest BCUT2D eigenvalue weighted by Gasteiger charge is -2.29. The lowest BCUT2D eigenvalue weighted by atomic mass is 9.82. The van der Waals surface area contributed by atoms with E-state index >= 15 is 0 Å². The summed E-state index contributed by atoms with van der Waals surface area (Å²) in [6.07, 6.45) is 5.32. The minimum atomic E-state index is -0.444. The Morgan fingerprint density at radius 1 is 1.05 bits per heavy atom. The molecule has 1 aliphatic carbocycles. The minimum absolute atomic E-state index is 0. The molecule has 0 saturated heterocycles. The lowest BCUT2D eigenvalue weighted by molar-refractivity contribution is 0.220. The molecular weight excluding hydrogens is 323 g/mol. The van der Waals surface area contributed by atoms with Crippen LogP contribution in [0.2, 0.25) is 0 Å². The summed E-state index contributed by atoms with van der Waals surface area (Å²) >= 11 is 0. The zero-order valence-corrected chi connectivity index (χ0v) is 14.0. The van der Waals surface area contributed by atoms with Crippen LogP contribution >= 0.6 is 24.8 Å². The molecule has 0 unspecified atom stereocenters. The van der Waals surface area contributed by atoms with Crippen LogP contribution in [-0.4, -0.2) is 10.1 Å². The monoisotopic (exact) mass is 344 g/mol. The van der Waals surface area contributed by atoms with Crippen molar-refractivity contribution in [2.75, 3.05) is 0 Å². The first-order chi connectivity index (χ1) is 9.71. The van der Waals surface area contributed by atoms with Gasteiger partial charge in [0.1, 0.15) is 0 Å². The maximum atomic E-state index is 6.40. The minimum Gasteiger partial charge on any atom is -0.337 e. The molecule has 1 aromatic carbocycles. The summed E-state index contributed by atoms with van der Waals surface area (Å²) < 4.78 is 5.41. The van der Waals surface area contributed by atoms with Gasteiger partial charge in [0.25, 0.3) is 0 Å². The second-order valence-electron chi connectivity index (χ2n) is 5.54. The molecule has 4 N–H and O–H groups in total. The van der Waals surface area contributed by atoms with Crippen molar-refractivity contribution in [2.24, 2.45) is 11.5 Å². The van der Waals surface area contributed by atoms with Gasteiger partial charge in [-0.25, -0.2) is 0 Å². The second kappa shape index (κ2) is 7.92. The Morgan fingerprint density at radius 2 is 1.68 bits per heavy atom. The van der Waals surface area contributed by atoms with Crippen molar-refractivity contribution in [3.8, 4) is 11.4 Å². The van der Waals surface area contributed by atoms with Gasteiger partial charge >= 0.3 is 0 Å². The molecule has 1 aliphatic rings. The van der Waals surface area contributed by atoms with Gasteiger partial charge in [0.15, 0.2) is 0 Å². The topological polar surface area (TPSA) is 91.0 Å². The maximum Gasteiger partial charge on any atom is 0.247 e. The molecule has 0 radical (unpaired) electrons. The third-order valence-electron chi connectivity index (χ3n) is 4.05. The number of hydrogen-bond donors (Lipinski definition) is 2. The van der Waals surface area contributed by atoms with Crippen LogP contribution in [0, 0.1) is 0 Å². The molecule has 1 aromatic heterocycles. The Hall–Kier alpha value is -1.14. The highest BCUT2D eigenvalue weighted by atomic mass is 35.5. The average molecular weight is 345 g/mol. The fourth-order valence-corrected chi connectivity index (χ4v) is 2.73. The number of aromatic nitrogens is 2. The van der Waals surface area contributed by atoms with Crippen molar-refractivity contribution in [1.29, 1.82) is 0 Å². The number of halogens is 2. The Balaban J connectivity index is 0.00000121. The normalized spacial score (nSPS) is 16.5. The highest BCUT2D eigenvalue weighted by Crippen LogP contribution is 2.34. The van der Waals surface area contributed by atoms with Crippen molar-refractivity contribution in [1.82, 2.24) is 10.1 Å². The van der Waals surface area contributed by atoms with Gasteiger partial charge in [0, 0.05) is 12.1 Å². The Kier molecular flexibility index (Phi) is 6.81. The first-order valence-electron chi connectivity index (χ1n) is 7.14. The van der Waals surface area contributed by atoms with E-state index in [0.717, 1.165) is 36.8 Å². The largest absolute Gasteiger partial charge is 0.337 e. The predicted molar refractivity (Wildman–Crippen MR) is 91.1 cm³/mol. The highest BCUT2D eigenvalue weighted by molar-refractivity contribution is 5.85. The van der Waals surface area contributed by atoms with Crippen molar-refractivity contribution in [3.63, 3.8) is 0 Å². The lowest BCUT2D eigenvalue weighted by Crippen LogP contribution is -2.38. The summed E-state index contributed by atoms with van der Waals surface area (Å²) in [4.78, 5) is 4.50. The number of hydrogen-bond acceptors (Lipinski definition) is 5. The average Bonchev–Trinajstić information content (AvgIpc) is 2.99. The molecule has 7 heteroatoms. The molecule has 0 amide bonds. The van der Waals surface area contributed by atoms with E-state index in [2.05, 4.69) is 10.1 Å². The summed E-state index contributed by atoms with van der Waals surface area (Å²) in [5, 5.41) is 4.06. The highest BCUT2D eigenvalue weighted by Gasteiger charge is 2.35. The van der Waals surface area contributed by atoms with E-state index in [9.17, 15) is 0 Å². The SMILES string of the molecule is Cl.Cl.NCc1ccc(-c2noc(C3(N)CCCCC3)n2)cc1. The fraction of sp³-hybridized carbons (Fsp3) is 0.467. The Morgan fingerprint density at radius 3 is 2.27 bits per heavy atom. The van der Waals surface area contributed by atoms with Crippen molar-refractivity contribution >= 4 is 24.8 Å². The molecule has 1 fully saturated rings. The molecule has 0 bridgehead atoms. The van der Waals surface area contributed by atoms with E-state index < -0.39 is 5.54 Å². The first-order valence-corrected chi connectivity index (χ1v) is 7.14.